The fourth-order valence-corrected chi connectivity index (χ4v) is 4.78. The minimum atomic E-state index is -0.840. The number of carbonyl (C=O) groups excluding carboxylic acids is 2. The van der Waals surface area contributed by atoms with Crippen LogP contribution in [0.15, 0.2) is 81.8 Å². The van der Waals surface area contributed by atoms with E-state index in [0.29, 0.717) is 32.8 Å². The number of aliphatic hydroxyl groups excluding tert-OH is 1. The van der Waals surface area contributed by atoms with Gasteiger partial charge < -0.3 is 14.3 Å². The van der Waals surface area contributed by atoms with E-state index in [0.717, 1.165) is 0 Å². The number of nitrogens with zero attached hydrogens (tertiary/aromatic N) is 2. The minimum Gasteiger partial charge on any atom is -0.503 e. The highest BCUT2D eigenvalue weighted by Crippen LogP contribution is 2.44. The van der Waals surface area contributed by atoms with Crippen LogP contribution >= 0.6 is 11.3 Å². The molecule has 3 heterocycles. The predicted octanol–water partition coefficient (Wildman–Crippen LogP) is 5.16. The number of amides is 1. The zero-order chi connectivity index (χ0) is 23.1. The number of methoxy groups -OCH3 is 1. The molecule has 0 spiro atoms. The van der Waals surface area contributed by atoms with Crippen molar-refractivity contribution < 1.29 is 23.8 Å². The highest BCUT2D eigenvalue weighted by atomic mass is 32.1. The van der Waals surface area contributed by atoms with Gasteiger partial charge in [0.05, 0.1) is 24.3 Å². The van der Waals surface area contributed by atoms with Gasteiger partial charge in [-0.3, -0.25) is 14.5 Å². The zero-order valence-corrected chi connectivity index (χ0v) is 18.1. The highest BCUT2D eigenvalue weighted by molar-refractivity contribution is 7.10. The number of nitriles is 1. The topological polar surface area (TPSA) is 104 Å². The average Bonchev–Trinajstić information content (AvgIpc) is 3.57. The van der Waals surface area contributed by atoms with Crippen LogP contribution in [0.25, 0.3) is 11.0 Å². The van der Waals surface area contributed by atoms with Crippen LogP contribution in [-0.4, -0.2) is 23.9 Å². The van der Waals surface area contributed by atoms with Crippen molar-refractivity contribution in [2.75, 3.05) is 12.0 Å². The first-order valence-corrected chi connectivity index (χ1v) is 10.8. The number of fused-ring (bicyclic) bond motifs is 1. The number of para-hydroxylation sites is 1. The molecule has 0 fully saturated rings. The van der Waals surface area contributed by atoms with Crippen LogP contribution in [0.1, 0.15) is 27.0 Å². The molecule has 1 unspecified atom stereocenters. The lowest BCUT2D eigenvalue weighted by molar-refractivity contribution is -0.117. The largest absolute Gasteiger partial charge is 0.503 e. The van der Waals surface area contributed by atoms with Gasteiger partial charge in [0, 0.05) is 16.0 Å². The molecule has 7 nitrogen and oxygen atoms in total. The summed E-state index contributed by atoms with van der Waals surface area (Å²) in [6.07, 6.45) is 0. The number of hydrogen-bond donors (Lipinski definition) is 1. The average molecular weight is 456 g/mol. The molecule has 0 saturated heterocycles. The Bertz CT molecular complexity index is 1460. The third-order valence-electron chi connectivity index (χ3n) is 5.49. The lowest BCUT2D eigenvalue weighted by Gasteiger charge is -2.25. The molecule has 1 amide bonds. The summed E-state index contributed by atoms with van der Waals surface area (Å²) in [5, 5.41) is 22.4. The van der Waals surface area contributed by atoms with Crippen molar-refractivity contribution in [3.05, 3.63) is 93.6 Å². The van der Waals surface area contributed by atoms with Gasteiger partial charge in [0.25, 0.3) is 5.91 Å². The van der Waals surface area contributed by atoms with E-state index in [2.05, 4.69) is 0 Å². The van der Waals surface area contributed by atoms with Crippen molar-refractivity contribution in [2.24, 2.45) is 0 Å². The van der Waals surface area contributed by atoms with Crippen LogP contribution in [0.2, 0.25) is 0 Å². The van der Waals surface area contributed by atoms with Crippen molar-refractivity contribution in [2.45, 2.75) is 6.04 Å². The predicted molar refractivity (Wildman–Crippen MR) is 122 cm³/mol. The van der Waals surface area contributed by atoms with Gasteiger partial charge >= 0.3 is 0 Å². The molecule has 1 aliphatic heterocycles. The number of Topliss-reactive ketones (excluding diaryl/α,β-unsaturated/α-hetero) is 1. The fraction of sp³-hybridized carbons (Fsp3) is 0.0800. The number of ketones is 1. The Kier molecular flexibility index (Phi) is 4.96. The fourth-order valence-electron chi connectivity index (χ4n) is 3.96. The Labute approximate surface area is 192 Å². The summed E-state index contributed by atoms with van der Waals surface area (Å²) in [6.45, 7) is 0. The van der Waals surface area contributed by atoms with Crippen LogP contribution in [-0.2, 0) is 4.79 Å². The molecule has 5 rings (SSSR count). The van der Waals surface area contributed by atoms with Crippen molar-refractivity contribution in [3.63, 3.8) is 0 Å². The molecule has 162 valence electrons. The van der Waals surface area contributed by atoms with E-state index in [1.807, 2.05) is 17.5 Å². The van der Waals surface area contributed by atoms with E-state index in [1.54, 1.807) is 54.6 Å². The Morgan fingerprint density at radius 2 is 1.97 bits per heavy atom. The summed E-state index contributed by atoms with van der Waals surface area (Å²) in [4.78, 5) is 28.8. The third kappa shape index (κ3) is 3.26. The third-order valence-corrected chi connectivity index (χ3v) is 6.42. The molecule has 1 atom stereocenters. The maximum absolute atomic E-state index is 13.6. The number of aliphatic hydroxyl groups is 1. The highest BCUT2D eigenvalue weighted by Gasteiger charge is 2.45. The first-order chi connectivity index (χ1) is 16.0. The van der Waals surface area contributed by atoms with E-state index >= 15 is 0 Å². The number of hydrogen-bond acceptors (Lipinski definition) is 7. The first-order valence-electron chi connectivity index (χ1n) is 9.95. The van der Waals surface area contributed by atoms with Crippen LogP contribution in [0.3, 0.4) is 0 Å². The molecular weight excluding hydrogens is 440 g/mol. The van der Waals surface area contributed by atoms with Gasteiger partial charge in [-0.15, -0.1) is 11.3 Å². The number of furan rings is 1. The van der Waals surface area contributed by atoms with Crippen LogP contribution < -0.4 is 9.64 Å². The van der Waals surface area contributed by atoms with Gasteiger partial charge in [0.2, 0.25) is 5.78 Å². The van der Waals surface area contributed by atoms with Crippen LogP contribution in [0, 0.1) is 11.3 Å². The number of benzene rings is 2. The molecule has 2 aromatic heterocycles. The standard InChI is InChI=1S/C25H16N2O5S/c1-31-17-5-2-4-15-12-18(32-24(15)17)22(28)20-21(19-6-3-11-33-19)27(25(30)23(20)29)16-9-7-14(13-26)8-10-16/h2-12,21,29H,1H3. The molecule has 1 aliphatic rings. The summed E-state index contributed by atoms with van der Waals surface area (Å²) in [5.74, 6) is -1.45. The van der Waals surface area contributed by atoms with Gasteiger partial charge in [0.1, 0.15) is 6.04 Å². The maximum atomic E-state index is 13.6. The molecule has 33 heavy (non-hydrogen) atoms. The van der Waals surface area contributed by atoms with E-state index in [1.165, 1.54) is 23.3 Å². The molecule has 1 N–H and O–H groups in total. The number of anilines is 1. The number of thiophene rings is 1. The second-order valence-electron chi connectivity index (χ2n) is 7.33. The van der Waals surface area contributed by atoms with Gasteiger partial charge in [-0.05, 0) is 47.8 Å². The van der Waals surface area contributed by atoms with E-state index in [9.17, 15) is 14.7 Å². The molecule has 0 bridgehead atoms. The monoisotopic (exact) mass is 456 g/mol. The van der Waals surface area contributed by atoms with Gasteiger partial charge in [-0.25, -0.2) is 0 Å². The van der Waals surface area contributed by atoms with Crippen molar-refractivity contribution in [1.29, 1.82) is 5.26 Å². The Hall–Kier alpha value is -4.35. The summed E-state index contributed by atoms with van der Waals surface area (Å²) in [5.41, 5.74) is 1.23. The summed E-state index contributed by atoms with van der Waals surface area (Å²) >= 11 is 1.36. The quantitative estimate of drug-likeness (QED) is 0.416. The summed E-state index contributed by atoms with van der Waals surface area (Å²) < 4.78 is 11.1. The van der Waals surface area contributed by atoms with Crippen LogP contribution in [0.4, 0.5) is 5.69 Å². The van der Waals surface area contributed by atoms with Crippen molar-refractivity contribution >= 4 is 39.7 Å². The second kappa shape index (κ2) is 7.97. The lowest BCUT2D eigenvalue weighted by atomic mass is 10.00. The molecule has 0 radical (unpaired) electrons. The van der Waals surface area contributed by atoms with Gasteiger partial charge in [0.15, 0.2) is 22.9 Å². The maximum Gasteiger partial charge on any atom is 0.294 e. The summed E-state index contributed by atoms with van der Waals surface area (Å²) in [7, 11) is 1.51. The minimum absolute atomic E-state index is 0.00733. The van der Waals surface area contributed by atoms with Gasteiger partial charge in [-0.1, -0.05) is 18.2 Å². The van der Waals surface area contributed by atoms with Crippen molar-refractivity contribution in [1.82, 2.24) is 0 Å². The van der Waals surface area contributed by atoms with Crippen molar-refractivity contribution in [3.8, 4) is 11.8 Å². The molecule has 4 aromatic rings. The second-order valence-corrected chi connectivity index (χ2v) is 8.31. The smallest absolute Gasteiger partial charge is 0.294 e. The Morgan fingerprint density at radius 3 is 2.64 bits per heavy atom. The van der Waals surface area contributed by atoms with E-state index in [4.69, 9.17) is 14.4 Å². The zero-order valence-electron chi connectivity index (χ0n) is 17.3. The molecule has 0 aliphatic carbocycles. The Morgan fingerprint density at radius 1 is 1.18 bits per heavy atom. The molecule has 0 saturated carbocycles. The number of ether oxygens (including phenoxy) is 1. The molecule has 2 aromatic carbocycles. The number of carbonyl (C=O) groups is 2. The van der Waals surface area contributed by atoms with Gasteiger partial charge in [-0.2, -0.15) is 5.26 Å². The number of rotatable bonds is 5. The van der Waals surface area contributed by atoms with E-state index in [-0.39, 0.29) is 11.3 Å². The molecular formula is C25H16N2O5S. The van der Waals surface area contributed by atoms with E-state index < -0.39 is 23.5 Å². The molecule has 8 heteroatoms. The first kappa shape index (κ1) is 20.5. The summed E-state index contributed by atoms with van der Waals surface area (Å²) in [6, 6.07) is 18.0. The normalized spacial score (nSPS) is 15.8. The lowest BCUT2D eigenvalue weighted by Crippen LogP contribution is -2.30. The Balaban J connectivity index is 1.63. The SMILES string of the molecule is COc1cccc2cc(C(=O)C3=C(O)C(=O)N(c4ccc(C#N)cc4)C3c3cccs3)oc12. The van der Waals surface area contributed by atoms with Crippen LogP contribution in [0.5, 0.6) is 5.75 Å².